The van der Waals surface area contributed by atoms with Gasteiger partial charge in [0.2, 0.25) is 0 Å². The van der Waals surface area contributed by atoms with E-state index < -0.39 is 0 Å². The summed E-state index contributed by atoms with van der Waals surface area (Å²) in [7, 11) is 0. The van der Waals surface area contributed by atoms with Gasteiger partial charge < -0.3 is 5.11 Å². The second kappa shape index (κ2) is 3.01. The molecule has 0 aromatic rings. The predicted molar refractivity (Wildman–Crippen MR) is 68.4 cm³/mol. The van der Waals surface area contributed by atoms with E-state index in [-0.39, 0.29) is 0 Å². The number of aliphatic hydroxyl groups excluding tert-OH is 1. The number of aliphatic hydroxyl groups is 1. The number of rotatable bonds is 0. The Labute approximate surface area is 100 Å². The molecule has 1 heteroatoms. The highest BCUT2D eigenvalue weighted by molar-refractivity contribution is 5.67. The largest absolute Gasteiger partial charge is 0.507 e. The molecule has 1 unspecified atom stereocenters. The molecule has 17 heavy (non-hydrogen) atoms. The van der Waals surface area contributed by atoms with Crippen LogP contribution in [0.1, 0.15) is 6.42 Å². The maximum Gasteiger partial charge on any atom is 0.123 e. The summed E-state index contributed by atoms with van der Waals surface area (Å²) in [4.78, 5) is 0. The van der Waals surface area contributed by atoms with Gasteiger partial charge in [0, 0.05) is 11.5 Å². The summed E-state index contributed by atoms with van der Waals surface area (Å²) in [6, 6.07) is 0. The molecule has 1 atom stereocenters. The maximum absolute atomic E-state index is 10.1. The SMILES string of the molecule is OC1=CC2=CC=CC3=CC=C4CC=CC1=C4C32. The van der Waals surface area contributed by atoms with Gasteiger partial charge in [0.05, 0.1) is 0 Å². The molecule has 4 aliphatic carbocycles. The lowest BCUT2D eigenvalue weighted by atomic mass is 9.69. The van der Waals surface area contributed by atoms with Crippen molar-refractivity contribution in [3.05, 3.63) is 82.2 Å². The van der Waals surface area contributed by atoms with Crippen molar-refractivity contribution in [2.75, 3.05) is 0 Å². The van der Waals surface area contributed by atoms with Crippen LogP contribution in [-0.2, 0) is 0 Å². The van der Waals surface area contributed by atoms with Crippen molar-refractivity contribution in [3.63, 3.8) is 0 Å². The molecule has 4 aliphatic rings. The van der Waals surface area contributed by atoms with Gasteiger partial charge in [0.1, 0.15) is 5.76 Å². The Morgan fingerprint density at radius 3 is 2.94 bits per heavy atom. The first kappa shape index (κ1) is 9.06. The average Bonchev–Trinajstić information content (AvgIpc) is 2.37. The Morgan fingerprint density at radius 2 is 2.00 bits per heavy atom. The van der Waals surface area contributed by atoms with E-state index >= 15 is 0 Å². The quantitative estimate of drug-likeness (QED) is 0.660. The molecule has 0 bridgehead atoms. The standard InChI is InChI=1S/C16H12O/c17-14-9-12-5-1-3-10-7-8-11-4-2-6-13(14)16(11)15(10)12/h1-3,5-9,15,17H,4H2. The first-order chi connectivity index (χ1) is 8.34. The molecule has 4 rings (SSSR count). The van der Waals surface area contributed by atoms with E-state index in [1.807, 2.05) is 6.08 Å². The molecule has 0 saturated carbocycles. The fourth-order valence-electron chi connectivity index (χ4n) is 3.10. The first-order valence-electron chi connectivity index (χ1n) is 5.96. The van der Waals surface area contributed by atoms with Crippen molar-refractivity contribution in [1.82, 2.24) is 0 Å². The summed E-state index contributed by atoms with van der Waals surface area (Å²) in [5, 5.41) is 10.1. The van der Waals surface area contributed by atoms with Crippen LogP contribution in [-0.4, -0.2) is 5.11 Å². The van der Waals surface area contributed by atoms with Crippen molar-refractivity contribution in [2.24, 2.45) is 5.92 Å². The van der Waals surface area contributed by atoms with Crippen LogP contribution in [0.2, 0.25) is 0 Å². The fourth-order valence-corrected chi connectivity index (χ4v) is 3.10. The molecule has 0 saturated heterocycles. The van der Waals surface area contributed by atoms with Crippen LogP contribution in [0.25, 0.3) is 0 Å². The Balaban J connectivity index is 2.06. The monoisotopic (exact) mass is 220 g/mol. The molecule has 1 nitrogen and oxygen atoms in total. The first-order valence-corrected chi connectivity index (χ1v) is 5.96. The highest BCUT2D eigenvalue weighted by atomic mass is 16.3. The highest BCUT2D eigenvalue weighted by Crippen LogP contribution is 2.47. The summed E-state index contributed by atoms with van der Waals surface area (Å²) in [5.41, 5.74) is 6.19. The van der Waals surface area contributed by atoms with E-state index in [2.05, 4.69) is 42.5 Å². The van der Waals surface area contributed by atoms with Gasteiger partial charge in [-0.3, -0.25) is 0 Å². The molecular formula is C16H12O. The van der Waals surface area contributed by atoms with Crippen molar-refractivity contribution in [1.29, 1.82) is 0 Å². The molecule has 0 fully saturated rings. The molecular weight excluding hydrogens is 208 g/mol. The summed E-state index contributed by atoms with van der Waals surface area (Å²) in [6.45, 7) is 0. The zero-order valence-electron chi connectivity index (χ0n) is 9.35. The molecule has 0 aliphatic heterocycles. The van der Waals surface area contributed by atoms with Crippen LogP contribution in [0.5, 0.6) is 0 Å². The van der Waals surface area contributed by atoms with Crippen molar-refractivity contribution < 1.29 is 5.11 Å². The third-order valence-corrected chi connectivity index (χ3v) is 3.85. The van der Waals surface area contributed by atoms with Gasteiger partial charge in [-0.2, -0.15) is 0 Å². The maximum atomic E-state index is 10.1. The molecule has 0 amide bonds. The van der Waals surface area contributed by atoms with Crippen LogP contribution in [0.3, 0.4) is 0 Å². The average molecular weight is 220 g/mol. The fraction of sp³-hybridized carbons (Fsp3) is 0.125. The molecule has 0 radical (unpaired) electrons. The zero-order chi connectivity index (χ0) is 11.4. The lowest BCUT2D eigenvalue weighted by molar-refractivity contribution is 0.420. The molecule has 0 aromatic carbocycles. The van der Waals surface area contributed by atoms with Crippen molar-refractivity contribution >= 4 is 0 Å². The van der Waals surface area contributed by atoms with Gasteiger partial charge in [-0.25, -0.2) is 0 Å². The molecule has 1 N–H and O–H groups in total. The zero-order valence-corrected chi connectivity index (χ0v) is 9.35. The van der Waals surface area contributed by atoms with Crippen LogP contribution >= 0.6 is 0 Å². The summed E-state index contributed by atoms with van der Waals surface area (Å²) in [5.74, 6) is 0.747. The normalized spacial score (nSPS) is 28.1. The number of allylic oxidation sites excluding steroid dienone is 12. The Morgan fingerprint density at radius 1 is 1.06 bits per heavy atom. The van der Waals surface area contributed by atoms with Crippen molar-refractivity contribution in [3.8, 4) is 0 Å². The van der Waals surface area contributed by atoms with E-state index in [0.29, 0.717) is 11.7 Å². The topological polar surface area (TPSA) is 20.2 Å². The van der Waals surface area contributed by atoms with Gasteiger partial charge >= 0.3 is 0 Å². The third-order valence-electron chi connectivity index (χ3n) is 3.85. The summed E-state index contributed by atoms with van der Waals surface area (Å²) >= 11 is 0. The van der Waals surface area contributed by atoms with Gasteiger partial charge in [0.25, 0.3) is 0 Å². The van der Waals surface area contributed by atoms with Crippen LogP contribution in [0, 0.1) is 5.92 Å². The van der Waals surface area contributed by atoms with E-state index in [4.69, 9.17) is 0 Å². The van der Waals surface area contributed by atoms with Crippen LogP contribution in [0.15, 0.2) is 82.2 Å². The Hall–Kier alpha value is -2.02. The van der Waals surface area contributed by atoms with Crippen LogP contribution < -0.4 is 0 Å². The van der Waals surface area contributed by atoms with E-state index in [1.165, 1.54) is 22.3 Å². The summed E-state index contributed by atoms with van der Waals surface area (Å²) in [6.07, 6.45) is 17.8. The minimum Gasteiger partial charge on any atom is -0.507 e. The second-order valence-electron chi connectivity index (χ2n) is 4.78. The lowest BCUT2D eigenvalue weighted by Crippen LogP contribution is -2.22. The van der Waals surface area contributed by atoms with Crippen LogP contribution in [0.4, 0.5) is 0 Å². The predicted octanol–water partition coefficient (Wildman–Crippen LogP) is 3.68. The van der Waals surface area contributed by atoms with E-state index in [0.717, 1.165) is 12.0 Å². The minimum absolute atomic E-state index is 0.343. The van der Waals surface area contributed by atoms with Gasteiger partial charge in [0.15, 0.2) is 0 Å². The lowest BCUT2D eigenvalue weighted by Gasteiger charge is -2.35. The van der Waals surface area contributed by atoms with Gasteiger partial charge in [-0.15, -0.1) is 0 Å². The molecule has 0 spiro atoms. The highest BCUT2D eigenvalue weighted by Gasteiger charge is 2.34. The van der Waals surface area contributed by atoms with Gasteiger partial charge in [-0.05, 0) is 34.8 Å². The summed E-state index contributed by atoms with van der Waals surface area (Å²) < 4.78 is 0. The molecule has 0 heterocycles. The van der Waals surface area contributed by atoms with E-state index in [1.54, 1.807) is 0 Å². The third kappa shape index (κ3) is 1.09. The molecule has 82 valence electrons. The van der Waals surface area contributed by atoms with Gasteiger partial charge in [-0.1, -0.05) is 42.5 Å². The second-order valence-corrected chi connectivity index (χ2v) is 4.78. The molecule has 0 aromatic heterocycles. The minimum atomic E-state index is 0.343. The Kier molecular flexibility index (Phi) is 1.60. The number of hydrogen-bond acceptors (Lipinski definition) is 1. The van der Waals surface area contributed by atoms with Crippen molar-refractivity contribution in [2.45, 2.75) is 6.42 Å². The Bertz CT molecular complexity index is 630. The van der Waals surface area contributed by atoms with E-state index in [9.17, 15) is 5.11 Å². The number of hydrogen-bond donors (Lipinski definition) is 1. The smallest absolute Gasteiger partial charge is 0.123 e.